The largest absolute Gasteiger partial charge is 0.476 e. The lowest BCUT2D eigenvalue weighted by Crippen LogP contribution is -2.56. The van der Waals surface area contributed by atoms with E-state index in [2.05, 4.69) is 11.8 Å². The number of para-hydroxylation sites is 2. The van der Waals surface area contributed by atoms with Gasteiger partial charge in [-0.1, -0.05) is 30.7 Å². The number of likely N-dealkylation sites (N-methyl/N-ethyl adjacent to an activating group) is 1. The monoisotopic (exact) mass is 449 g/mol. The van der Waals surface area contributed by atoms with Crippen LogP contribution >= 0.6 is 11.6 Å². The van der Waals surface area contributed by atoms with Crippen molar-refractivity contribution in [1.82, 2.24) is 9.80 Å². The van der Waals surface area contributed by atoms with Crippen molar-refractivity contribution in [2.24, 2.45) is 0 Å². The number of carbonyl (C=O) groups excluding carboxylic acids is 1. The summed E-state index contributed by atoms with van der Waals surface area (Å²) in [5, 5.41) is 0.454. The van der Waals surface area contributed by atoms with Crippen LogP contribution in [0.2, 0.25) is 5.02 Å². The molecule has 2 aromatic carbocycles. The van der Waals surface area contributed by atoms with E-state index < -0.39 is 16.1 Å². The van der Waals surface area contributed by atoms with Gasteiger partial charge in [-0.15, -0.1) is 0 Å². The molecule has 0 spiro atoms. The first-order valence-electron chi connectivity index (χ1n) is 9.95. The molecule has 2 heterocycles. The van der Waals surface area contributed by atoms with Gasteiger partial charge in [0.05, 0.1) is 17.1 Å². The third-order valence-corrected chi connectivity index (χ3v) is 7.59. The fourth-order valence-electron chi connectivity index (χ4n) is 3.78. The number of fused-ring (bicyclic) bond motifs is 1. The number of hydrogen-bond donors (Lipinski definition) is 0. The number of halogens is 1. The zero-order valence-electron chi connectivity index (χ0n) is 16.7. The summed E-state index contributed by atoms with van der Waals surface area (Å²) in [4.78, 5) is 17.3. The first kappa shape index (κ1) is 21.0. The molecular weight excluding hydrogens is 426 g/mol. The van der Waals surface area contributed by atoms with E-state index in [1.807, 2.05) is 0 Å². The van der Waals surface area contributed by atoms with Gasteiger partial charge in [-0.25, -0.2) is 8.42 Å². The first-order chi connectivity index (χ1) is 14.4. The maximum atomic E-state index is 13.4. The van der Waals surface area contributed by atoms with Gasteiger partial charge in [-0.3, -0.25) is 9.10 Å². The van der Waals surface area contributed by atoms with Crippen LogP contribution in [-0.2, 0) is 14.8 Å². The number of piperazine rings is 1. The minimum Gasteiger partial charge on any atom is -0.476 e. The molecule has 9 heteroatoms. The lowest BCUT2D eigenvalue weighted by Gasteiger charge is -2.39. The Labute approximate surface area is 181 Å². The van der Waals surface area contributed by atoms with Crippen LogP contribution < -0.4 is 9.04 Å². The molecule has 2 aliphatic heterocycles. The molecule has 30 heavy (non-hydrogen) atoms. The highest BCUT2D eigenvalue weighted by Crippen LogP contribution is 2.37. The van der Waals surface area contributed by atoms with E-state index in [1.54, 1.807) is 29.2 Å². The zero-order chi connectivity index (χ0) is 21.3. The third kappa shape index (κ3) is 3.99. The van der Waals surface area contributed by atoms with Gasteiger partial charge in [0.2, 0.25) is 0 Å². The van der Waals surface area contributed by atoms with E-state index in [0.717, 1.165) is 19.6 Å². The molecule has 0 saturated carbocycles. The molecule has 1 saturated heterocycles. The summed E-state index contributed by atoms with van der Waals surface area (Å²) in [5.74, 6) is 0.198. The zero-order valence-corrected chi connectivity index (χ0v) is 18.3. The van der Waals surface area contributed by atoms with Crippen LogP contribution in [-0.4, -0.2) is 69.5 Å². The summed E-state index contributed by atoms with van der Waals surface area (Å²) in [6, 6.07) is 12.9. The number of amides is 1. The van der Waals surface area contributed by atoms with Crippen molar-refractivity contribution in [2.45, 2.75) is 17.9 Å². The Hall–Kier alpha value is -2.29. The first-order valence-corrected chi connectivity index (χ1v) is 11.8. The molecule has 0 bridgehead atoms. The Kier molecular flexibility index (Phi) is 5.90. The maximum Gasteiger partial charge on any atom is 0.265 e. The quantitative estimate of drug-likeness (QED) is 0.717. The van der Waals surface area contributed by atoms with Crippen LogP contribution in [0.25, 0.3) is 0 Å². The van der Waals surface area contributed by atoms with E-state index in [9.17, 15) is 13.2 Å². The van der Waals surface area contributed by atoms with Crippen molar-refractivity contribution < 1.29 is 17.9 Å². The molecular formula is C21H24ClN3O4S. The molecule has 0 aromatic heterocycles. The van der Waals surface area contributed by atoms with E-state index in [0.29, 0.717) is 29.5 Å². The summed E-state index contributed by atoms with van der Waals surface area (Å²) in [6.45, 7) is 5.79. The topological polar surface area (TPSA) is 70.2 Å². The molecule has 2 aromatic rings. The average molecular weight is 450 g/mol. The highest BCUT2D eigenvalue weighted by molar-refractivity contribution is 7.92. The summed E-state index contributed by atoms with van der Waals surface area (Å²) in [5.41, 5.74) is 0.423. The van der Waals surface area contributed by atoms with Crippen molar-refractivity contribution in [3.05, 3.63) is 53.6 Å². The summed E-state index contributed by atoms with van der Waals surface area (Å²) in [7, 11) is -3.89. The SMILES string of the molecule is CCN1CCN(C(=O)C2CN(S(=O)(=O)c3ccc(Cl)cc3)c3ccccc3O2)CC1. The van der Waals surface area contributed by atoms with Gasteiger partial charge in [0.1, 0.15) is 5.75 Å². The van der Waals surface area contributed by atoms with Gasteiger partial charge >= 0.3 is 0 Å². The van der Waals surface area contributed by atoms with Crippen LogP contribution in [0.3, 0.4) is 0 Å². The number of ether oxygens (including phenoxy) is 1. The minimum atomic E-state index is -3.89. The predicted octanol–water partition coefficient (Wildman–Crippen LogP) is 2.46. The van der Waals surface area contributed by atoms with Gasteiger partial charge < -0.3 is 14.5 Å². The standard InChI is InChI=1S/C21H24ClN3O4S/c1-2-23-11-13-24(14-12-23)21(26)20-15-25(18-5-3-4-6-19(18)29-20)30(27,28)17-9-7-16(22)8-10-17/h3-10,20H,2,11-15H2,1H3. The number of anilines is 1. The van der Waals surface area contributed by atoms with Crippen LogP contribution in [0.15, 0.2) is 53.4 Å². The predicted molar refractivity (Wildman–Crippen MR) is 116 cm³/mol. The lowest BCUT2D eigenvalue weighted by molar-refractivity contribution is -0.140. The number of hydrogen-bond acceptors (Lipinski definition) is 5. The van der Waals surface area contributed by atoms with Crippen molar-refractivity contribution in [2.75, 3.05) is 43.6 Å². The molecule has 1 atom stereocenters. The van der Waals surface area contributed by atoms with Crippen molar-refractivity contribution in [3.8, 4) is 5.75 Å². The third-order valence-electron chi connectivity index (χ3n) is 5.54. The molecule has 0 N–H and O–H groups in total. The lowest BCUT2D eigenvalue weighted by atomic mass is 10.2. The van der Waals surface area contributed by atoms with E-state index in [1.165, 1.54) is 28.6 Å². The van der Waals surface area contributed by atoms with Gasteiger partial charge in [-0.2, -0.15) is 0 Å². The van der Waals surface area contributed by atoms with Crippen LogP contribution in [0.1, 0.15) is 6.92 Å². The minimum absolute atomic E-state index is 0.0746. The highest BCUT2D eigenvalue weighted by Gasteiger charge is 2.39. The number of nitrogens with zero attached hydrogens (tertiary/aromatic N) is 3. The molecule has 1 unspecified atom stereocenters. The van der Waals surface area contributed by atoms with Gasteiger partial charge in [0.25, 0.3) is 15.9 Å². The second-order valence-electron chi connectivity index (χ2n) is 7.32. The van der Waals surface area contributed by atoms with E-state index in [4.69, 9.17) is 16.3 Å². The Morgan fingerprint density at radius 3 is 2.40 bits per heavy atom. The Morgan fingerprint density at radius 2 is 1.73 bits per heavy atom. The number of benzene rings is 2. The summed E-state index contributed by atoms with van der Waals surface area (Å²) in [6.07, 6.45) is -0.893. The second-order valence-corrected chi connectivity index (χ2v) is 9.62. The normalized spacial score (nSPS) is 19.9. The van der Waals surface area contributed by atoms with Gasteiger partial charge in [0, 0.05) is 31.2 Å². The number of rotatable bonds is 4. The number of carbonyl (C=O) groups is 1. The van der Waals surface area contributed by atoms with Gasteiger partial charge in [-0.05, 0) is 42.9 Å². The summed E-state index contributed by atoms with van der Waals surface area (Å²) >= 11 is 5.92. The van der Waals surface area contributed by atoms with Crippen molar-refractivity contribution >= 4 is 33.2 Å². The van der Waals surface area contributed by atoms with Crippen molar-refractivity contribution in [3.63, 3.8) is 0 Å². The van der Waals surface area contributed by atoms with Crippen LogP contribution in [0.4, 0.5) is 5.69 Å². The average Bonchev–Trinajstić information content (AvgIpc) is 2.78. The molecule has 1 fully saturated rings. The second kappa shape index (κ2) is 8.45. The molecule has 0 aliphatic carbocycles. The Balaban J connectivity index is 1.63. The molecule has 1 amide bonds. The Morgan fingerprint density at radius 1 is 1.07 bits per heavy atom. The fourth-order valence-corrected chi connectivity index (χ4v) is 5.38. The molecule has 7 nitrogen and oxygen atoms in total. The molecule has 2 aliphatic rings. The van der Waals surface area contributed by atoms with Gasteiger partial charge in [0.15, 0.2) is 6.10 Å². The van der Waals surface area contributed by atoms with E-state index >= 15 is 0 Å². The molecule has 0 radical (unpaired) electrons. The highest BCUT2D eigenvalue weighted by atomic mass is 35.5. The molecule has 4 rings (SSSR count). The van der Waals surface area contributed by atoms with E-state index in [-0.39, 0.29) is 17.3 Å². The fraction of sp³-hybridized carbons (Fsp3) is 0.381. The van der Waals surface area contributed by atoms with Crippen molar-refractivity contribution in [1.29, 1.82) is 0 Å². The Bertz CT molecular complexity index is 1020. The van der Waals surface area contributed by atoms with Crippen LogP contribution in [0, 0.1) is 0 Å². The smallest absolute Gasteiger partial charge is 0.265 e. The molecule has 160 valence electrons. The van der Waals surface area contributed by atoms with Crippen LogP contribution in [0.5, 0.6) is 5.75 Å². The maximum absolute atomic E-state index is 13.4. The summed E-state index contributed by atoms with van der Waals surface area (Å²) < 4.78 is 34.0. The number of sulfonamides is 1.